The first-order chi connectivity index (χ1) is 9.60. The van der Waals surface area contributed by atoms with Crippen LogP contribution >= 0.6 is 0 Å². The molecule has 0 aliphatic heterocycles. The van der Waals surface area contributed by atoms with Crippen LogP contribution in [0.25, 0.3) is 0 Å². The monoisotopic (exact) mass is 272 g/mol. The summed E-state index contributed by atoms with van der Waals surface area (Å²) in [7, 11) is 3.15. The topological polar surface area (TPSA) is 82.5 Å². The Morgan fingerprint density at radius 2 is 2.20 bits per heavy atom. The molecule has 0 atom stereocenters. The van der Waals surface area contributed by atoms with E-state index in [-0.39, 0.29) is 11.9 Å². The maximum Gasteiger partial charge on any atom is 0.260 e. The van der Waals surface area contributed by atoms with Crippen molar-refractivity contribution >= 4 is 11.9 Å². The molecule has 0 unspecified atom stereocenters. The fourth-order valence-electron chi connectivity index (χ4n) is 1.84. The zero-order valence-corrected chi connectivity index (χ0v) is 12.0. The first-order valence-corrected chi connectivity index (χ1v) is 6.56. The Balaban J connectivity index is 2.73. The van der Waals surface area contributed by atoms with Crippen molar-refractivity contribution in [2.45, 2.75) is 25.7 Å². The number of nitrogens with two attached hydrogens (primary N) is 1. The van der Waals surface area contributed by atoms with Crippen LogP contribution in [-0.2, 0) is 6.42 Å². The van der Waals surface area contributed by atoms with Gasteiger partial charge in [0.05, 0.1) is 6.07 Å². The fourth-order valence-corrected chi connectivity index (χ4v) is 1.84. The summed E-state index contributed by atoms with van der Waals surface area (Å²) in [5.41, 5.74) is 7.32. The lowest BCUT2D eigenvalue weighted by Crippen LogP contribution is -2.38. The number of aliphatic imine (C=N–C) groups is 1. The van der Waals surface area contributed by atoms with Crippen molar-refractivity contribution in [3.63, 3.8) is 0 Å². The second-order valence-electron chi connectivity index (χ2n) is 4.51. The molecular weight excluding hydrogens is 252 g/mol. The second-order valence-corrected chi connectivity index (χ2v) is 4.51. The molecule has 0 aliphatic rings. The van der Waals surface area contributed by atoms with E-state index >= 15 is 0 Å². The summed E-state index contributed by atoms with van der Waals surface area (Å²) in [6, 6.07) is 9.61. The predicted octanol–water partition coefficient (Wildman–Crippen LogP) is 1.94. The van der Waals surface area contributed by atoms with Crippen LogP contribution in [0, 0.1) is 11.3 Å². The van der Waals surface area contributed by atoms with Gasteiger partial charge in [0.2, 0.25) is 0 Å². The highest BCUT2D eigenvalue weighted by Crippen LogP contribution is 2.11. The first kappa shape index (κ1) is 15.7. The van der Waals surface area contributed by atoms with Gasteiger partial charge >= 0.3 is 0 Å². The maximum atomic E-state index is 12.2. The third kappa shape index (κ3) is 4.39. The molecule has 1 aromatic carbocycles. The van der Waals surface area contributed by atoms with E-state index in [4.69, 9.17) is 11.0 Å². The van der Waals surface area contributed by atoms with Gasteiger partial charge in [-0.1, -0.05) is 12.1 Å². The summed E-state index contributed by atoms with van der Waals surface area (Å²) >= 11 is 0. The number of amides is 1. The Labute approximate surface area is 119 Å². The van der Waals surface area contributed by atoms with E-state index < -0.39 is 0 Å². The number of nitriles is 1. The Bertz CT molecular complexity index is 531. The van der Waals surface area contributed by atoms with Gasteiger partial charge in [0.1, 0.15) is 0 Å². The van der Waals surface area contributed by atoms with Crippen LogP contribution in [-0.4, -0.2) is 30.9 Å². The molecule has 0 saturated heterocycles. The smallest absolute Gasteiger partial charge is 0.260 e. The van der Waals surface area contributed by atoms with Crippen molar-refractivity contribution < 1.29 is 4.79 Å². The number of nitrogens with zero attached hydrogens (tertiary/aromatic N) is 3. The van der Waals surface area contributed by atoms with Gasteiger partial charge in [0.15, 0.2) is 5.96 Å². The molecule has 0 heterocycles. The molecule has 0 radical (unpaired) electrons. The van der Waals surface area contributed by atoms with E-state index in [9.17, 15) is 4.79 Å². The first-order valence-electron chi connectivity index (χ1n) is 6.56. The van der Waals surface area contributed by atoms with Gasteiger partial charge in [0, 0.05) is 26.1 Å². The van der Waals surface area contributed by atoms with Crippen LogP contribution < -0.4 is 5.73 Å². The SMILES string of the molecule is CN=C(N)N(C)C(=O)c1cccc(CCCCC#N)c1. The van der Waals surface area contributed by atoms with Gasteiger partial charge in [-0.25, -0.2) is 0 Å². The van der Waals surface area contributed by atoms with Crippen molar-refractivity contribution in [1.29, 1.82) is 5.26 Å². The van der Waals surface area contributed by atoms with Gasteiger partial charge in [-0.3, -0.25) is 14.7 Å². The van der Waals surface area contributed by atoms with Crippen molar-refractivity contribution in [2.24, 2.45) is 10.7 Å². The van der Waals surface area contributed by atoms with E-state index in [1.165, 1.54) is 4.90 Å². The summed E-state index contributed by atoms with van der Waals surface area (Å²) in [5, 5.41) is 8.49. The molecule has 2 N–H and O–H groups in total. The lowest BCUT2D eigenvalue weighted by atomic mass is 10.0. The molecule has 0 aliphatic carbocycles. The van der Waals surface area contributed by atoms with Crippen LogP contribution in [0.2, 0.25) is 0 Å². The molecule has 20 heavy (non-hydrogen) atoms. The van der Waals surface area contributed by atoms with E-state index in [1.54, 1.807) is 20.2 Å². The normalized spacial score (nSPS) is 10.9. The molecule has 0 fully saturated rings. The fraction of sp³-hybridized carbons (Fsp3) is 0.400. The number of rotatable bonds is 5. The maximum absolute atomic E-state index is 12.2. The molecule has 5 heteroatoms. The molecule has 0 aromatic heterocycles. The molecule has 1 aromatic rings. The minimum atomic E-state index is -0.174. The molecule has 1 rings (SSSR count). The number of hydrogen-bond donors (Lipinski definition) is 1. The third-order valence-corrected chi connectivity index (χ3v) is 3.06. The number of carbonyl (C=O) groups excluding carboxylic acids is 1. The van der Waals surface area contributed by atoms with Crippen molar-refractivity contribution in [3.05, 3.63) is 35.4 Å². The number of hydrogen-bond acceptors (Lipinski definition) is 3. The van der Waals surface area contributed by atoms with E-state index in [1.807, 2.05) is 18.2 Å². The van der Waals surface area contributed by atoms with E-state index in [0.717, 1.165) is 24.8 Å². The lowest BCUT2D eigenvalue weighted by Gasteiger charge is -2.16. The highest BCUT2D eigenvalue weighted by atomic mass is 16.2. The van der Waals surface area contributed by atoms with Gasteiger partial charge < -0.3 is 5.73 Å². The van der Waals surface area contributed by atoms with E-state index in [2.05, 4.69) is 11.1 Å². The standard InChI is InChI=1S/C15H20N4O/c1-18-15(17)19(2)14(20)13-9-6-8-12(11-13)7-4-3-5-10-16/h6,8-9,11H,3-5,7H2,1-2H3,(H2,17,18). The Morgan fingerprint density at radius 1 is 1.45 bits per heavy atom. The molecular formula is C15H20N4O. The summed E-state index contributed by atoms with van der Waals surface area (Å²) in [6.07, 6.45) is 3.26. The van der Waals surface area contributed by atoms with Crippen molar-refractivity contribution in [2.75, 3.05) is 14.1 Å². The molecule has 5 nitrogen and oxygen atoms in total. The van der Waals surface area contributed by atoms with Gasteiger partial charge in [-0.05, 0) is 37.0 Å². The Kier molecular flexibility index (Phi) is 6.24. The highest BCUT2D eigenvalue weighted by Gasteiger charge is 2.14. The quantitative estimate of drug-likeness (QED) is 0.505. The minimum absolute atomic E-state index is 0.174. The van der Waals surface area contributed by atoms with Crippen LogP contribution in [0.5, 0.6) is 0 Å². The lowest BCUT2D eigenvalue weighted by molar-refractivity contribution is 0.0869. The highest BCUT2D eigenvalue weighted by molar-refractivity contribution is 6.05. The number of unbranched alkanes of at least 4 members (excludes halogenated alkanes) is 2. The zero-order chi connectivity index (χ0) is 15.0. The van der Waals surface area contributed by atoms with Crippen molar-refractivity contribution in [1.82, 2.24) is 4.90 Å². The average Bonchev–Trinajstić information content (AvgIpc) is 2.49. The Hall–Kier alpha value is -2.35. The number of benzene rings is 1. The van der Waals surface area contributed by atoms with Crippen LogP contribution in [0.1, 0.15) is 35.2 Å². The summed E-state index contributed by atoms with van der Waals surface area (Å²) in [4.78, 5) is 17.3. The molecule has 0 saturated carbocycles. The summed E-state index contributed by atoms with van der Waals surface area (Å²) < 4.78 is 0. The van der Waals surface area contributed by atoms with Crippen molar-refractivity contribution in [3.8, 4) is 6.07 Å². The average molecular weight is 272 g/mol. The molecule has 106 valence electrons. The third-order valence-electron chi connectivity index (χ3n) is 3.06. The van der Waals surface area contributed by atoms with Crippen LogP contribution in [0.3, 0.4) is 0 Å². The van der Waals surface area contributed by atoms with Crippen LogP contribution in [0.4, 0.5) is 0 Å². The van der Waals surface area contributed by atoms with Gasteiger partial charge in [-0.2, -0.15) is 5.26 Å². The molecule has 0 bridgehead atoms. The van der Waals surface area contributed by atoms with E-state index in [0.29, 0.717) is 12.0 Å². The van der Waals surface area contributed by atoms with Crippen LogP contribution in [0.15, 0.2) is 29.3 Å². The minimum Gasteiger partial charge on any atom is -0.369 e. The van der Waals surface area contributed by atoms with Gasteiger partial charge in [-0.15, -0.1) is 0 Å². The summed E-state index contributed by atoms with van der Waals surface area (Å²) in [6.45, 7) is 0. The molecule has 0 spiro atoms. The van der Waals surface area contributed by atoms with Gasteiger partial charge in [0.25, 0.3) is 5.91 Å². The second kappa shape index (κ2) is 7.95. The Morgan fingerprint density at radius 3 is 2.85 bits per heavy atom. The predicted molar refractivity (Wildman–Crippen MR) is 79.2 cm³/mol. The number of carbonyl (C=O) groups is 1. The number of guanidine groups is 1. The molecule has 1 amide bonds. The largest absolute Gasteiger partial charge is 0.369 e. The zero-order valence-electron chi connectivity index (χ0n) is 12.0. The summed E-state index contributed by atoms with van der Waals surface area (Å²) in [5.74, 6) is 0.0152. The number of aryl methyl sites for hydroxylation is 1.